The fourth-order valence-electron chi connectivity index (χ4n) is 2.37. The molecule has 0 fully saturated rings. The lowest BCUT2D eigenvalue weighted by molar-refractivity contribution is 0.755. The number of anilines is 1. The third kappa shape index (κ3) is 4.10. The maximum absolute atomic E-state index is 4.60. The number of aromatic nitrogens is 4. The van der Waals surface area contributed by atoms with E-state index in [9.17, 15) is 0 Å². The molecule has 0 N–H and O–H groups in total. The van der Waals surface area contributed by atoms with Crippen LogP contribution in [0.15, 0.2) is 36.4 Å². The summed E-state index contributed by atoms with van der Waals surface area (Å²) in [5.41, 5.74) is 4.07. The smallest absolute Gasteiger partial charge is 0.205 e. The topological polar surface area (TPSA) is 54.8 Å². The number of pyridine rings is 2. The molecule has 3 aromatic heterocycles. The number of rotatable bonds is 5. The van der Waals surface area contributed by atoms with Gasteiger partial charge in [-0.25, -0.2) is 4.98 Å². The van der Waals surface area contributed by atoms with Crippen molar-refractivity contribution in [3.05, 3.63) is 65.0 Å². The van der Waals surface area contributed by atoms with Crippen LogP contribution < -0.4 is 4.90 Å². The molecule has 0 aliphatic rings. The molecule has 3 aromatic rings. The molecule has 0 saturated carbocycles. The lowest BCUT2D eigenvalue weighted by Crippen LogP contribution is -2.23. The third-order valence-corrected chi connectivity index (χ3v) is 4.25. The van der Waals surface area contributed by atoms with Crippen molar-refractivity contribution in [1.82, 2.24) is 19.3 Å². The van der Waals surface area contributed by atoms with E-state index in [2.05, 4.69) is 24.2 Å². The summed E-state index contributed by atoms with van der Waals surface area (Å²) < 4.78 is 4.30. The summed E-state index contributed by atoms with van der Waals surface area (Å²) in [4.78, 5) is 15.9. The van der Waals surface area contributed by atoms with Crippen LogP contribution in [0.5, 0.6) is 0 Å². The molecule has 3 rings (SSSR count). The highest BCUT2D eigenvalue weighted by molar-refractivity contribution is 7.09. The first-order valence-electron chi connectivity index (χ1n) is 7.50. The fraction of sp³-hybridized carbons (Fsp3) is 0.294. The Hall–Kier alpha value is -2.34. The Morgan fingerprint density at radius 2 is 1.39 bits per heavy atom. The first-order valence-corrected chi connectivity index (χ1v) is 8.28. The van der Waals surface area contributed by atoms with E-state index in [-0.39, 0.29) is 0 Å². The zero-order valence-corrected chi connectivity index (χ0v) is 14.3. The molecule has 0 aliphatic heterocycles. The predicted molar refractivity (Wildman–Crippen MR) is 92.5 cm³/mol. The Morgan fingerprint density at radius 1 is 0.826 bits per heavy atom. The fourth-order valence-corrected chi connectivity index (χ4v) is 3.04. The van der Waals surface area contributed by atoms with Gasteiger partial charge in [-0.15, -0.1) is 0 Å². The first kappa shape index (κ1) is 15.6. The summed E-state index contributed by atoms with van der Waals surface area (Å²) in [6.45, 7) is 7.29. The Bertz CT molecular complexity index is 751. The molecule has 0 radical (unpaired) electrons. The molecule has 0 saturated heterocycles. The molecule has 0 bridgehead atoms. The van der Waals surface area contributed by atoms with Gasteiger partial charge < -0.3 is 4.90 Å². The van der Waals surface area contributed by atoms with Gasteiger partial charge in [-0.3, -0.25) is 9.97 Å². The van der Waals surface area contributed by atoms with Crippen LogP contribution in [0.2, 0.25) is 0 Å². The standard InChI is InChI=1S/C17H19N5S/c1-12-6-4-8-15(18-12)10-22(17-20-14(3)21-23-17)11-16-9-5-7-13(2)19-16/h4-9H,10-11H2,1-3H3. The van der Waals surface area contributed by atoms with E-state index in [1.54, 1.807) is 0 Å². The second kappa shape index (κ2) is 6.83. The van der Waals surface area contributed by atoms with Gasteiger partial charge in [0.25, 0.3) is 0 Å². The van der Waals surface area contributed by atoms with E-state index in [0.717, 1.165) is 33.7 Å². The summed E-state index contributed by atoms with van der Waals surface area (Å²) in [5.74, 6) is 0.796. The van der Waals surface area contributed by atoms with Gasteiger partial charge in [-0.1, -0.05) is 12.1 Å². The molecule has 0 aliphatic carbocycles. The van der Waals surface area contributed by atoms with Crippen LogP contribution in [0.25, 0.3) is 0 Å². The molecule has 6 heteroatoms. The van der Waals surface area contributed by atoms with Crippen LogP contribution >= 0.6 is 11.5 Å². The van der Waals surface area contributed by atoms with E-state index in [4.69, 9.17) is 0 Å². The van der Waals surface area contributed by atoms with Crippen molar-refractivity contribution < 1.29 is 0 Å². The zero-order valence-electron chi connectivity index (χ0n) is 13.5. The van der Waals surface area contributed by atoms with Gasteiger partial charge in [0, 0.05) is 22.9 Å². The van der Waals surface area contributed by atoms with Gasteiger partial charge >= 0.3 is 0 Å². The van der Waals surface area contributed by atoms with Crippen molar-refractivity contribution in [2.45, 2.75) is 33.9 Å². The van der Waals surface area contributed by atoms with Crippen molar-refractivity contribution in [3.63, 3.8) is 0 Å². The minimum absolute atomic E-state index is 0.686. The van der Waals surface area contributed by atoms with Gasteiger partial charge in [0.2, 0.25) is 5.13 Å². The van der Waals surface area contributed by atoms with Gasteiger partial charge in [0.05, 0.1) is 24.5 Å². The maximum Gasteiger partial charge on any atom is 0.205 e. The molecule has 23 heavy (non-hydrogen) atoms. The highest BCUT2D eigenvalue weighted by Crippen LogP contribution is 2.21. The predicted octanol–water partition coefficient (Wildman–Crippen LogP) is 3.46. The van der Waals surface area contributed by atoms with Crippen LogP contribution in [-0.4, -0.2) is 19.3 Å². The third-order valence-electron chi connectivity index (χ3n) is 3.39. The normalized spacial score (nSPS) is 10.7. The van der Waals surface area contributed by atoms with E-state index in [1.165, 1.54) is 11.5 Å². The largest absolute Gasteiger partial charge is 0.335 e. The summed E-state index contributed by atoms with van der Waals surface area (Å²) >= 11 is 1.41. The number of hydrogen-bond acceptors (Lipinski definition) is 6. The van der Waals surface area contributed by atoms with Crippen molar-refractivity contribution in [2.75, 3.05) is 4.90 Å². The van der Waals surface area contributed by atoms with E-state index in [1.807, 2.05) is 57.2 Å². The summed E-state index contributed by atoms with van der Waals surface area (Å²) in [5, 5.41) is 0.897. The monoisotopic (exact) mass is 325 g/mol. The molecular formula is C17H19N5S. The Kier molecular flexibility index (Phi) is 4.62. The molecular weight excluding hydrogens is 306 g/mol. The molecule has 3 heterocycles. The van der Waals surface area contributed by atoms with Gasteiger partial charge in [0.15, 0.2) is 0 Å². The lowest BCUT2D eigenvalue weighted by Gasteiger charge is -2.21. The summed E-state index contributed by atoms with van der Waals surface area (Å²) in [6, 6.07) is 12.2. The van der Waals surface area contributed by atoms with E-state index >= 15 is 0 Å². The Morgan fingerprint density at radius 3 is 1.83 bits per heavy atom. The molecule has 0 unspecified atom stereocenters. The quantitative estimate of drug-likeness (QED) is 0.719. The summed E-state index contributed by atoms with van der Waals surface area (Å²) in [7, 11) is 0. The van der Waals surface area contributed by atoms with Crippen molar-refractivity contribution in [1.29, 1.82) is 0 Å². The first-order chi connectivity index (χ1) is 11.1. The van der Waals surface area contributed by atoms with Gasteiger partial charge in [-0.05, 0) is 45.0 Å². The summed E-state index contributed by atoms with van der Waals surface area (Å²) in [6.07, 6.45) is 0. The Balaban J connectivity index is 1.87. The molecule has 5 nitrogen and oxygen atoms in total. The minimum atomic E-state index is 0.686. The highest BCUT2D eigenvalue weighted by atomic mass is 32.1. The maximum atomic E-state index is 4.60. The number of nitrogens with zero attached hydrogens (tertiary/aromatic N) is 5. The highest BCUT2D eigenvalue weighted by Gasteiger charge is 2.14. The van der Waals surface area contributed by atoms with Crippen molar-refractivity contribution in [3.8, 4) is 0 Å². The Labute approximate surface area is 140 Å². The number of aryl methyl sites for hydroxylation is 3. The SMILES string of the molecule is Cc1cccc(CN(Cc2cccc(C)n2)c2nc(C)ns2)n1. The van der Waals surface area contributed by atoms with Crippen LogP contribution in [0.1, 0.15) is 28.6 Å². The molecule has 0 spiro atoms. The van der Waals surface area contributed by atoms with Crippen LogP contribution in [0.3, 0.4) is 0 Å². The van der Waals surface area contributed by atoms with Crippen molar-refractivity contribution >= 4 is 16.7 Å². The molecule has 0 aromatic carbocycles. The molecule has 118 valence electrons. The van der Waals surface area contributed by atoms with Gasteiger partial charge in [0.1, 0.15) is 5.82 Å². The lowest BCUT2D eigenvalue weighted by atomic mass is 10.2. The second-order valence-corrected chi connectivity index (χ2v) is 6.25. The van der Waals surface area contributed by atoms with Crippen LogP contribution in [0.4, 0.5) is 5.13 Å². The molecule has 0 atom stereocenters. The van der Waals surface area contributed by atoms with E-state index < -0.39 is 0 Å². The van der Waals surface area contributed by atoms with Crippen LogP contribution in [0, 0.1) is 20.8 Å². The van der Waals surface area contributed by atoms with E-state index in [0.29, 0.717) is 13.1 Å². The average molecular weight is 325 g/mol. The molecule has 0 amide bonds. The average Bonchev–Trinajstić information content (AvgIpc) is 2.93. The van der Waals surface area contributed by atoms with Crippen LogP contribution in [-0.2, 0) is 13.1 Å². The second-order valence-electron chi connectivity index (χ2n) is 5.52. The van der Waals surface area contributed by atoms with Crippen molar-refractivity contribution in [2.24, 2.45) is 0 Å². The van der Waals surface area contributed by atoms with Gasteiger partial charge in [-0.2, -0.15) is 4.37 Å². The minimum Gasteiger partial charge on any atom is -0.335 e. The zero-order chi connectivity index (χ0) is 16.2. The number of hydrogen-bond donors (Lipinski definition) is 0.